The Morgan fingerprint density at radius 2 is 1.81 bits per heavy atom. The number of halogens is 2. The van der Waals surface area contributed by atoms with Gasteiger partial charge in [-0.3, -0.25) is 9.69 Å². The minimum Gasteiger partial charge on any atom is -0.354 e. The molecule has 1 fully saturated rings. The molecule has 0 spiro atoms. The number of benzene rings is 2. The Bertz CT molecular complexity index is 1150. The number of piperidine rings is 1. The maximum Gasteiger partial charge on any atom is 0.271 e. The maximum atomic E-state index is 11.7. The van der Waals surface area contributed by atoms with Crippen LogP contribution < -0.4 is 5.32 Å². The van der Waals surface area contributed by atoms with Gasteiger partial charge in [0.1, 0.15) is 0 Å². The molecule has 6 rings (SSSR count). The smallest absolute Gasteiger partial charge is 0.271 e. The summed E-state index contributed by atoms with van der Waals surface area (Å²) in [6.45, 7) is 3.01. The molecular formula is C24H22Cl2N4O. The molecule has 3 aromatic rings. The Balaban J connectivity index is 1.58. The predicted molar refractivity (Wildman–Crippen MR) is 123 cm³/mol. The van der Waals surface area contributed by atoms with E-state index in [0.29, 0.717) is 15.7 Å². The minimum atomic E-state index is -0.242. The third kappa shape index (κ3) is 3.51. The molecule has 158 valence electrons. The van der Waals surface area contributed by atoms with Crippen LogP contribution in [0.3, 0.4) is 0 Å². The van der Waals surface area contributed by atoms with E-state index in [9.17, 15) is 4.79 Å². The average Bonchev–Trinajstić information content (AvgIpc) is 3.06. The number of nitrogens with zero attached hydrogens (tertiary/aromatic N) is 3. The van der Waals surface area contributed by atoms with Gasteiger partial charge in [0.25, 0.3) is 5.91 Å². The third-order valence-electron chi connectivity index (χ3n) is 6.62. The quantitative estimate of drug-likeness (QED) is 0.625. The number of carbonyl (C=O) groups excluding carboxylic acids is 1. The molecule has 0 radical (unpaired) electrons. The van der Waals surface area contributed by atoms with E-state index in [1.165, 1.54) is 16.7 Å². The van der Waals surface area contributed by atoms with Crippen LogP contribution in [-0.2, 0) is 12.0 Å². The molecule has 0 aliphatic carbocycles. The van der Waals surface area contributed by atoms with E-state index in [-0.39, 0.29) is 11.3 Å². The Labute approximate surface area is 191 Å². The van der Waals surface area contributed by atoms with Crippen molar-refractivity contribution in [2.75, 3.05) is 20.1 Å². The monoisotopic (exact) mass is 452 g/mol. The highest BCUT2D eigenvalue weighted by Gasteiger charge is 2.42. The van der Waals surface area contributed by atoms with Gasteiger partial charge in [-0.15, -0.1) is 10.2 Å². The Morgan fingerprint density at radius 1 is 1.00 bits per heavy atom. The molecule has 1 aromatic heterocycles. The van der Waals surface area contributed by atoms with Crippen molar-refractivity contribution in [1.29, 1.82) is 0 Å². The largest absolute Gasteiger partial charge is 0.354 e. The van der Waals surface area contributed by atoms with Crippen molar-refractivity contribution < 1.29 is 4.79 Å². The first-order chi connectivity index (χ1) is 15.0. The van der Waals surface area contributed by atoms with Gasteiger partial charge in [-0.25, -0.2) is 0 Å². The van der Waals surface area contributed by atoms with E-state index in [0.717, 1.165) is 43.7 Å². The van der Waals surface area contributed by atoms with Crippen molar-refractivity contribution >= 4 is 29.1 Å². The molecule has 0 atom stereocenters. The van der Waals surface area contributed by atoms with Crippen molar-refractivity contribution in [3.05, 3.63) is 81.0 Å². The van der Waals surface area contributed by atoms with Gasteiger partial charge in [-0.05, 0) is 73.0 Å². The summed E-state index contributed by atoms with van der Waals surface area (Å²) >= 11 is 12.6. The second-order valence-corrected chi connectivity index (χ2v) is 9.06. The number of rotatable bonds is 3. The van der Waals surface area contributed by atoms with Crippen LogP contribution >= 0.6 is 23.2 Å². The fourth-order valence-corrected chi connectivity index (χ4v) is 5.23. The first-order valence-corrected chi connectivity index (χ1v) is 11.1. The van der Waals surface area contributed by atoms with Gasteiger partial charge in [-0.1, -0.05) is 41.4 Å². The topological polar surface area (TPSA) is 58.1 Å². The highest BCUT2D eigenvalue weighted by Crippen LogP contribution is 2.47. The lowest BCUT2D eigenvalue weighted by molar-refractivity contribution is 0.0957. The summed E-state index contributed by atoms with van der Waals surface area (Å²) in [5.74, 6) is -0.242. The molecule has 0 unspecified atom stereocenters. The van der Waals surface area contributed by atoms with Crippen LogP contribution in [0, 0.1) is 0 Å². The van der Waals surface area contributed by atoms with Crippen LogP contribution in [0.15, 0.2) is 48.5 Å². The van der Waals surface area contributed by atoms with Gasteiger partial charge < -0.3 is 5.32 Å². The highest BCUT2D eigenvalue weighted by molar-refractivity contribution is 6.42. The lowest BCUT2D eigenvalue weighted by atomic mass is 9.68. The van der Waals surface area contributed by atoms with E-state index < -0.39 is 0 Å². The van der Waals surface area contributed by atoms with E-state index in [1.807, 2.05) is 18.2 Å². The standard InChI is InChI=1S/C24H22Cl2N4O/c1-27-23(31)22-7-6-21(28-29-22)15-2-4-18-16(12-15)14-30-10-8-24(18,9-11-30)17-3-5-19(25)20(26)13-17/h2-7,12-13H,8-11,14H2,1H3,(H,27,31). The van der Waals surface area contributed by atoms with Crippen molar-refractivity contribution in [3.8, 4) is 11.3 Å². The zero-order chi connectivity index (χ0) is 21.6. The number of carbonyl (C=O) groups is 1. The zero-order valence-electron chi connectivity index (χ0n) is 17.2. The normalized spacial score (nSPS) is 22.0. The number of aromatic nitrogens is 2. The van der Waals surface area contributed by atoms with Crippen molar-refractivity contribution in [2.45, 2.75) is 24.8 Å². The maximum absolute atomic E-state index is 11.7. The Kier molecular flexibility index (Phi) is 5.21. The number of nitrogens with one attached hydrogen (secondary N) is 1. The van der Waals surface area contributed by atoms with Crippen LogP contribution in [0.5, 0.6) is 0 Å². The molecule has 3 aliphatic heterocycles. The summed E-state index contributed by atoms with van der Waals surface area (Å²) in [6.07, 6.45) is 2.11. The second-order valence-electron chi connectivity index (χ2n) is 8.24. The summed E-state index contributed by atoms with van der Waals surface area (Å²) in [5, 5.41) is 12.1. The van der Waals surface area contributed by atoms with Gasteiger partial charge in [-0.2, -0.15) is 0 Å². The molecule has 4 heterocycles. The molecule has 7 heteroatoms. The summed E-state index contributed by atoms with van der Waals surface area (Å²) in [6, 6.07) is 16.2. The van der Waals surface area contributed by atoms with Gasteiger partial charge in [0.05, 0.1) is 15.7 Å². The van der Waals surface area contributed by atoms with Crippen LogP contribution in [0.25, 0.3) is 11.3 Å². The van der Waals surface area contributed by atoms with Crippen LogP contribution in [0.1, 0.15) is 40.0 Å². The summed E-state index contributed by atoms with van der Waals surface area (Å²) in [5.41, 5.74) is 5.88. The van der Waals surface area contributed by atoms with Gasteiger partial charge >= 0.3 is 0 Å². The van der Waals surface area contributed by atoms with Crippen LogP contribution in [0.4, 0.5) is 0 Å². The van der Waals surface area contributed by atoms with Crippen molar-refractivity contribution in [1.82, 2.24) is 20.4 Å². The van der Waals surface area contributed by atoms with Crippen LogP contribution in [-0.4, -0.2) is 41.1 Å². The lowest BCUT2D eigenvalue weighted by Gasteiger charge is -2.39. The lowest BCUT2D eigenvalue weighted by Crippen LogP contribution is -2.39. The molecule has 2 bridgehead atoms. The first-order valence-electron chi connectivity index (χ1n) is 10.4. The first kappa shape index (κ1) is 20.4. The molecule has 1 N–H and O–H groups in total. The Morgan fingerprint density at radius 3 is 2.48 bits per heavy atom. The molecule has 5 nitrogen and oxygen atoms in total. The SMILES string of the molecule is CNC(=O)c1ccc(-c2ccc3c(c2)CN2CCC3(c3ccc(Cl)c(Cl)c3)CC2)nn1. The van der Waals surface area contributed by atoms with Gasteiger partial charge in [0.15, 0.2) is 5.69 Å². The average molecular weight is 453 g/mol. The van der Waals surface area contributed by atoms with E-state index >= 15 is 0 Å². The molecule has 1 saturated heterocycles. The van der Waals surface area contributed by atoms with E-state index in [1.54, 1.807) is 13.1 Å². The summed E-state index contributed by atoms with van der Waals surface area (Å²) < 4.78 is 0. The minimum absolute atomic E-state index is 0.0656. The summed E-state index contributed by atoms with van der Waals surface area (Å²) in [4.78, 5) is 14.3. The molecule has 0 saturated carbocycles. The van der Waals surface area contributed by atoms with Crippen molar-refractivity contribution in [3.63, 3.8) is 0 Å². The number of hydrogen-bond donors (Lipinski definition) is 1. The van der Waals surface area contributed by atoms with E-state index in [2.05, 4.69) is 44.7 Å². The number of amides is 1. The zero-order valence-corrected chi connectivity index (χ0v) is 18.7. The van der Waals surface area contributed by atoms with Crippen LogP contribution in [0.2, 0.25) is 10.0 Å². The highest BCUT2D eigenvalue weighted by atomic mass is 35.5. The number of fused-ring (bicyclic) bond motifs is 2. The van der Waals surface area contributed by atoms with Gasteiger partial charge in [0, 0.05) is 24.6 Å². The molecule has 31 heavy (non-hydrogen) atoms. The molecule has 2 aromatic carbocycles. The molecular weight excluding hydrogens is 431 g/mol. The summed E-state index contributed by atoms with van der Waals surface area (Å²) in [7, 11) is 1.58. The van der Waals surface area contributed by atoms with Gasteiger partial charge in [0.2, 0.25) is 0 Å². The molecule has 1 amide bonds. The predicted octanol–water partition coefficient (Wildman–Crippen LogP) is 4.71. The number of hydrogen-bond acceptors (Lipinski definition) is 4. The van der Waals surface area contributed by atoms with E-state index in [4.69, 9.17) is 23.2 Å². The fraction of sp³-hybridized carbons (Fsp3) is 0.292. The Hall–Kier alpha value is -2.47. The third-order valence-corrected chi connectivity index (χ3v) is 7.36. The molecule has 3 aliphatic rings. The second kappa shape index (κ2) is 7.90. The van der Waals surface area contributed by atoms with Crippen molar-refractivity contribution in [2.24, 2.45) is 0 Å². The fourth-order valence-electron chi connectivity index (χ4n) is 4.93.